The minimum Gasteiger partial charge on any atom is -0.398 e. The molecular weight excluding hydrogens is 325 g/mol. The summed E-state index contributed by atoms with van der Waals surface area (Å²) < 4.78 is 40.0. The monoisotopic (exact) mass is 344 g/mol. The van der Waals surface area contributed by atoms with Gasteiger partial charge in [-0.3, -0.25) is 0 Å². The van der Waals surface area contributed by atoms with Gasteiger partial charge in [-0.2, -0.15) is 0 Å². The van der Waals surface area contributed by atoms with Crippen molar-refractivity contribution in [3.8, 4) is 11.1 Å². The van der Waals surface area contributed by atoms with E-state index in [1.54, 1.807) is 6.07 Å². The van der Waals surface area contributed by atoms with Gasteiger partial charge in [-0.05, 0) is 51.5 Å². The van der Waals surface area contributed by atoms with Gasteiger partial charge >= 0.3 is 7.12 Å². The third-order valence-electron chi connectivity index (χ3n) is 4.64. The predicted octanol–water partition coefficient (Wildman–Crippen LogP) is 4.22. The number of rotatable bonds is 3. The Hall–Kier alpha value is -2.12. The van der Waals surface area contributed by atoms with Crippen LogP contribution in [-0.4, -0.2) is 28.3 Å². The Morgan fingerprint density at radius 3 is 2.28 bits per heavy atom. The van der Waals surface area contributed by atoms with E-state index in [2.05, 4.69) is 9.97 Å². The van der Waals surface area contributed by atoms with Crippen molar-refractivity contribution in [3.63, 3.8) is 0 Å². The lowest BCUT2D eigenvalue weighted by Gasteiger charge is -2.32. The summed E-state index contributed by atoms with van der Waals surface area (Å²) in [6, 6.07) is 4.32. The van der Waals surface area contributed by atoms with E-state index in [9.17, 15) is 8.78 Å². The van der Waals surface area contributed by atoms with Gasteiger partial charge in [0.05, 0.1) is 11.2 Å². The molecule has 0 atom stereocenters. The molecule has 1 fully saturated rings. The summed E-state index contributed by atoms with van der Waals surface area (Å²) in [5.74, 6) is -0.428. The van der Waals surface area contributed by atoms with Crippen molar-refractivity contribution in [2.75, 3.05) is 0 Å². The molecule has 0 spiro atoms. The maximum atomic E-state index is 14.6. The molecule has 0 unspecified atom stereocenters. The van der Waals surface area contributed by atoms with Crippen LogP contribution < -0.4 is 0 Å². The van der Waals surface area contributed by atoms with E-state index in [4.69, 9.17) is 9.31 Å². The first-order chi connectivity index (χ1) is 11.7. The zero-order valence-corrected chi connectivity index (χ0v) is 14.6. The minimum absolute atomic E-state index is 0.302. The number of benzene rings is 1. The first kappa shape index (κ1) is 17.7. The Kier molecular flexibility index (Phi) is 4.47. The molecule has 0 amide bonds. The van der Waals surface area contributed by atoms with Gasteiger partial charge in [-0.15, -0.1) is 0 Å². The molecule has 0 radical (unpaired) electrons. The highest BCUT2D eigenvalue weighted by atomic mass is 19.1. The van der Waals surface area contributed by atoms with Gasteiger partial charge in [0, 0.05) is 23.5 Å². The Bertz CT molecular complexity index is 794. The molecule has 1 aromatic carbocycles. The van der Waals surface area contributed by atoms with E-state index in [1.807, 2.05) is 27.7 Å². The van der Waals surface area contributed by atoms with Crippen molar-refractivity contribution >= 4 is 13.2 Å². The van der Waals surface area contributed by atoms with Crippen molar-refractivity contribution in [1.82, 2.24) is 9.97 Å². The summed E-state index contributed by atoms with van der Waals surface area (Å²) in [6.45, 7) is 7.41. The molecule has 0 saturated carbocycles. The average molecular weight is 344 g/mol. The first-order valence-corrected chi connectivity index (χ1v) is 7.97. The fourth-order valence-corrected chi connectivity index (χ4v) is 2.47. The zero-order valence-electron chi connectivity index (χ0n) is 14.6. The van der Waals surface area contributed by atoms with E-state index < -0.39 is 29.9 Å². The van der Waals surface area contributed by atoms with Crippen molar-refractivity contribution in [3.05, 3.63) is 54.0 Å². The molecule has 2 aromatic rings. The molecule has 1 saturated heterocycles. The topological polar surface area (TPSA) is 44.2 Å². The second-order valence-electron chi connectivity index (χ2n) is 6.98. The molecule has 130 valence electrons. The van der Waals surface area contributed by atoms with Crippen LogP contribution in [0.2, 0.25) is 0 Å². The molecular formula is C18H19BF2N2O2. The van der Waals surface area contributed by atoms with Crippen LogP contribution in [-0.2, 0) is 9.31 Å². The number of halogens is 2. The maximum absolute atomic E-state index is 14.6. The van der Waals surface area contributed by atoms with E-state index in [0.29, 0.717) is 16.7 Å². The predicted molar refractivity (Wildman–Crippen MR) is 92.6 cm³/mol. The smallest absolute Gasteiger partial charge is 0.398 e. The van der Waals surface area contributed by atoms with Gasteiger partial charge in [0.1, 0.15) is 17.9 Å². The standard InChI is InChI=1S/C18H19BF2N2O2/c1-17(2)18(3,4)25-19(24-17)16(21)8-12-5-6-15(20)14(7-12)13-9-22-11-23-10-13/h5-11H,1-4H3. The maximum Gasteiger partial charge on any atom is 0.525 e. The molecule has 0 N–H and O–H groups in total. The number of hydrogen-bond acceptors (Lipinski definition) is 4. The van der Waals surface area contributed by atoms with Gasteiger partial charge in [-0.1, -0.05) is 6.07 Å². The molecule has 0 aliphatic carbocycles. The SMILES string of the molecule is CC1(C)OB(C(F)=Cc2ccc(F)c(-c3cncnc3)c2)OC1(C)C. The zero-order chi connectivity index (χ0) is 18.2. The Morgan fingerprint density at radius 2 is 1.68 bits per heavy atom. The van der Waals surface area contributed by atoms with Crippen LogP contribution in [0.4, 0.5) is 8.78 Å². The number of nitrogens with zero attached hydrogens (tertiary/aromatic N) is 2. The Balaban J connectivity index is 1.89. The van der Waals surface area contributed by atoms with Gasteiger partial charge in [0.25, 0.3) is 0 Å². The summed E-state index contributed by atoms with van der Waals surface area (Å²) in [4.78, 5) is 7.76. The van der Waals surface area contributed by atoms with Gasteiger partial charge in [0.15, 0.2) is 0 Å². The normalized spacial score (nSPS) is 19.3. The number of aromatic nitrogens is 2. The molecule has 1 aliphatic heterocycles. The fourth-order valence-electron chi connectivity index (χ4n) is 2.47. The average Bonchev–Trinajstić information content (AvgIpc) is 2.78. The van der Waals surface area contributed by atoms with Crippen molar-refractivity contribution in [2.24, 2.45) is 0 Å². The van der Waals surface area contributed by atoms with Crippen LogP contribution in [0.3, 0.4) is 0 Å². The Labute approximate surface area is 146 Å². The molecule has 1 aliphatic rings. The highest BCUT2D eigenvalue weighted by molar-refractivity contribution is 6.54. The third kappa shape index (κ3) is 3.48. The van der Waals surface area contributed by atoms with E-state index in [0.717, 1.165) is 0 Å². The highest BCUT2D eigenvalue weighted by Gasteiger charge is 2.53. The summed E-state index contributed by atoms with van der Waals surface area (Å²) in [5, 5.41) is 0. The molecule has 4 nitrogen and oxygen atoms in total. The van der Waals surface area contributed by atoms with E-state index >= 15 is 0 Å². The molecule has 7 heteroatoms. The lowest BCUT2D eigenvalue weighted by molar-refractivity contribution is 0.00578. The van der Waals surface area contributed by atoms with Crippen molar-refractivity contribution in [1.29, 1.82) is 0 Å². The lowest BCUT2D eigenvalue weighted by atomic mass is 9.86. The lowest BCUT2D eigenvalue weighted by Crippen LogP contribution is -2.41. The summed E-state index contributed by atoms with van der Waals surface area (Å²) in [6.07, 6.45) is 5.66. The quantitative estimate of drug-likeness (QED) is 0.782. The molecule has 3 rings (SSSR count). The largest absolute Gasteiger partial charge is 0.525 e. The fraction of sp³-hybridized carbons (Fsp3) is 0.333. The van der Waals surface area contributed by atoms with Crippen LogP contribution in [0, 0.1) is 5.82 Å². The van der Waals surface area contributed by atoms with Gasteiger partial charge in [0.2, 0.25) is 0 Å². The second-order valence-corrected chi connectivity index (χ2v) is 6.98. The van der Waals surface area contributed by atoms with Crippen LogP contribution in [0.25, 0.3) is 17.2 Å². The minimum atomic E-state index is -1.08. The summed E-state index contributed by atoms with van der Waals surface area (Å²) >= 11 is 0. The van der Waals surface area contributed by atoms with Crippen molar-refractivity contribution < 1.29 is 18.1 Å². The van der Waals surface area contributed by atoms with Gasteiger partial charge in [-0.25, -0.2) is 18.7 Å². The highest BCUT2D eigenvalue weighted by Crippen LogP contribution is 2.39. The summed E-state index contributed by atoms with van der Waals surface area (Å²) in [7, 11) is -1.08. The summed E-state index contributed by atoms with van der Waals surface area (Å²) in [5.41, 5.74) is -0.508. The van der Waals surface area contributed by atoms with Crippen LogP contribution >= 0.6 is 0 Å². The van der Waals surface area contributed by atoms with Crippen LogP contribution in [0.15, 0.2) is 42.6 Å². The Morgan fingerprint density at radius 1 is 1.08 bits per heavy atom. The first-order valence-electron chi connectivity index (χ1n) is 7.97. The van der Waals surface area contributed by atoms with Crippen molar-refractivity contribution in [2.45, 2.75) is 38.9 Å². The van der Waals surface area contributed by atoms with E-state index in [-0.39, 0.29) is 0 Å². The molecule has 1 aromatic heterocycles. The molecule has 0 bridgehead atoms. The third-order valence-corrected chi connectivity index (χ3v) is 4.64. The van der Waals surface area contributed by atoms with Gasteiger partial charge < -0.3 is 9.31 Å². The van der Waals surface area contributed by atoms with Crippen LogP contribution in [0.5, 0.6) is 0 Å². The van der Waals surface area contributed by atoms with Crippen LogP contribution in [0.1, 0.15) is 33.3 Å². The van der Waals surface area contributed by atoms with E-state index in [1.165, 1.54) is 36.9 Å². The number of hydrogen-bond donors (Lipinski definition) is 0. The molecule has 2 heterocycles. The molecule has 25 heavy (non-hydrogen) atoms. The second kappa shape index (κ2) is 6.31.